The second-order valence-corrected chi connectivity index (χ2v) is 9.10. The topological polar surface area (TPSA) is 76.0 Å². The van der Waals surface area contributed by atoms with Crippen molar-refractivity contribution in [2.24, 2.45) is 11.8 Å². The minimum atomic E-state index is -1.03. The first-order valence-corrected chi connectivity index (χ1v) is 11.5. The van der Waals surface area contributed by atoms with Crippen molar-refractivity contribution in [2.75, 3.05) is 10.6 Å². The van der Waals surface area contributed by atoms with Crippen molar-refractivity contribution in [1.82, 2.24) is 9.55 Å². The van der Waals surface area contributed by atoms with E-state index >= 15 is 0 Å². The van der Waals surface area contributed by atoms with Gasteiger partial charge >= 0.3 is 0 Å². The van der Waals surface area contributed by atoms with Crippen molar-refractivity contribution in [2.45, 2.75) is 52.0 Å². The molecule has 1 heterocycles. The third kappa shape index (κ3) is 4.93. The largest absolute Gasteiger partial charge is 0.324 e. The van der Waals surface area contributed by atoms with Gasteiger partial charge in [0.05, 0.1) is 23.0 Å². The van der Waals surface area contributed by atoms with Crippen LogP contribution in [0, 0.1) is 29.3 Å². The average Bonchev–Trinajstić information content (AvgIpc) is 3.18. The zero-order valence-corrected chi connectivity index (χ0v) is 19.1. The second-order valence-electron chi connectivity index (χ2n) is 9.10. The van der Waals surface area contributed by atoms with Gasteiger partial charge in [-0.2, -0.15) is 0 Å². The Labute approximate surface area is 195 Å². The van der Waals surface area contributed by atoms with Gasteiger partial charge in [0.2, 0.25) is 11.8 Å². The van der Waals surface area contributed by atoms with Crippen molar-refractivity contribution in [3.05, 3.63) is 54.1 Å². The van der Waals surface area contributed by atoms with Gasteiger partial charge in [0, 0.05) is 23.7 Å². The Bertz CT molecular complexity index is 1220. The molecular formula is C25H27F3N4O2. The van der Waals surface area contributed by atoms with Gasteiger partial charge in [-0.15, -0.1) is 0 Å². The lowest BCUT2D eigenvalue weighted by atomic mass is 9.88. The first-order valence-electron chi connectivity index (χ1n) is 11.5. The van der Waals surface area contributed by atoms with Crippen LogP contribution in [-0.4, -0.2) is 21.4 Å². The number of carbonyl (C=O) groups excluding carboxylic acids is 2. The van der Waals surface area contributed by atoms with E-state index in [1.165, 1.54) is 29.1 Å². The molecule has 2 amide bonds. The van der Waals surface area contributed by atoms with Gasteiger partial charge in [-0.3, -0.25) is 9.59 Å². The number of hydrogen-bond acceptors (Lipinski definition) is 3. The first-order chi connectivity index (χ1) is 16.2. The minimum Gasteiger partial charge on any atom is -0.324 e. The summed E-state index contributed by atoms with van der Waals surface area (Å²) in [5, 5.41) is 5.40. The Balaban J connectivity index is 1.55. The Kier molecular flexibility index (Phi) is 6.90. The summed E-state index contributed by atoms with van der Waals surface area (Å²) in [6.45, 7) is 3.63. The summed E-state index contributed by atoms with van der Waals surface area (Å²) >= 11 is 0. The SMILES string of the molecule is CC(C)C(C(=O)Nc1ccc(F)c(NC(=O)C2CCCCC2)c1)n1cnc2cc(F)c(F)cc21. The van der Waals surface area contributed by atoms with Crippen LogP contribution >= 0.6 is 0 Å². The molecule has 1 unspecified atom stereocenters. The lowest BCUT2D eigenvalue weighted by Gasteiger charge is -2.23. The molecule has 3 aromatic rings. The summed E-state index contributed by atoms with van der Waals surface area (Å²) < 4.78 is 43.3. The molecule has 1 fully saturated rings. The maximum atomic E-state index is 14.4. The predicted molar refractivity (Wildman–Crippen MR) is 124 cm³/mol. The van der Waals surface area contributed by atoms with Crippen LogP contribution in [0.1, 0.15) is 52.0 Å². The van der Waals surface area contributed by atoms with Crippen LogP contribution in [0.15, 0.2) is 36.7 Å². The molecule has 9 heteroatoms. The zero-order chi connectivity index (χ0) is 24.4. The van der Waals surface area contributed by atoms with Crippen molar-refractivity contribution in [3.8, 4) is 0 Å². The number of nitrogens with zero attached hydrogens (tertiary/aromatic N) is 2. The highest BCUT2D eigenvalue weighted by Gasteiger charge is 2.27. The van der Waals surface area contributed by atoms with E-state index in [9.17, 15) is 22.8 Å². The van der Waals surface area contributed by atoms with Crippen LogP contribution in [0.5, 0.6) is 0 Å². The molecule has 0 radical (unpaired) electrons. The zero-order valence-electron chi connectivity index (χ0n) is 19.1. The summed E-state index contributed by atoms with van der Waals surface area (Å²) in [7, 11) is 0. The molecule has 2 aromatic carbocycles. The third-order valence-corrected chi connectivity index (χ3v) is 6.28. The Morgan fingerprint density at radius 2 is 1.68 bits per heavy atom. The number of fused-ring (bicyclic) bond motifs is 1. The monoisotopic (exact) mass is 472 g/mol. The fraction of sp³-hybridized carbons (Fsp3) is 0.400. The van der Waals surface area contributed by atoms with E-state index in [1.54, 1.807) is 0 Å². The molecule has 1 atom stereocenters. The predicted octanol–water partition coefficient (Wildman–Crippen LogP) is 5.81. The van der Waals surface area contributed by atoms with Crippen molar-refractivity contribution >= 4 is 34.2 Å². The number of nitrogens with one attached hydrogen (secondary N) is 2. The molecule has 180 valence electrons. The standard InChI is InChI=1S/C25H27F3N4O2/c1-14(2)23(32-13-29-21-11-18(27)19(28)12-22(21)32)25(34)30-16-8-9-17(26)20(10-16)31-24(33)15-6-4-3-5-7-15/h8-15,23H,3-7H2,1-2H3,(H,30,34)(H,31,33). The second kappa shape index (κ2) is 9.87. The normalized spacial score (nSPS) is 15.5. The van der Waals surface area contributed by atoms with Crippen LogP contribution in [0.25, 0.3) is 11.0 Å². The van der Waals surface area contributed by atoms with Crippen molar-refractivity contribution < 1.29 is 22.8 Å². The van der Waals surface area contributed by atoms with Gasteiger partial charge in [-0.25, -0.2) is 18.2 Å². The van der Waals surface area contributed by atoms with E-state index in [0.717, 1.165) is 44.2 Å². The van der Waals surface area contributed by atoms with E-state index in [4.69, 9.17) is 0 Å². The number of amides is 2. The fourth-order valence-corrected chi connectivity index (χ4v) is 4.51. The van der Waals surface area contributed by atoms with Crippen LogP contribution < -0.4 is 10.6 Å². The van der Waals surface area contributed by atoms with Gasteiger partial charge in [0.25, 0.3) is 0 Å². The summed E-state index contributed by atoms with van der Waals surface area (Å²) in [6, 6.07) is 5.17. The summed E-state index contributed by atoms with van der Waals surface area (Å²) in [4.78, 5) is 29.8. The number of carbonyl (C=O) groups is 2. The molecular weight excluding hydrogens is 445 g/mol. The summed E-state index contributed by atoms with van der Waals surface area (Å²) in [5.41, 5.74) is 0.817. The Morgan fingerprint density at radius 1 is 0.971 bits per heavy atom. The number of aromatic nitrogens is 2. The highest BCUT2D eigenvalue weighted by molar-refractivity contribution is 5.97. The molecule has 34 heavy (non-hydrogen) atoms. The molecule has 6 nitrogen and oxygen atoms in total. The van der Waals surface area contributed by atoms with Crippen LogP contribution in [0.4, 0.5) is 24.5 Å². The highest BCUT2D eigenvalue weighted by atomic mass is 19.2. The van der Waals surface area contributed by atoms with E-state index in [1.807, 2.05) is 13.8 Å². The average molecular weight is 473 g/mol. The van der Waals surface area contributed by atoms with Gasteiger partial charge in [0.15, 0.2) is 11.6 Å². The number of imidazole rings is 1. The number of hydrogen-bond donors (Lipinski definition) is 2. The molecule has 1 aliphatic rings. The number of halogens is 3. The number of rotatable bonds is 6. The minimum absolute atomic E-state index is 0.0000901. The first kappa shape index (κ1) is 23.8. The van der Waals surface area contributed by atoms with Gasteiger partial charge < -0.3 is 15.2 Å². The van der Waals surface area contributed by atoms with Crippen molar-refractivity contribution in [1.29, 1.82) is 0 Å². The summed E-state index contributed by atoms with van der Waals surface area (Å²) in [6.07, 6.45) is 5.99. The van der Waals surface area contributed by atoms with E-state index in [-0.39, 0.29) is 34.5 Å². The van der Waals surface area contributed by atoms with Crippen LogP contribution in [0.3, 0.4) is 0 Å². The molecule has 1 saturated carbocycles. The van der Waals surface area contributed by atoms with Crippen LogP contribution in [-0.2, 0) is 9.59 Å². The molecule has 1 aromatic heterocycles. The van der Waals surface area contributed by atoms with Gasteiger partial charge in [-0.1, -0.05) is 33.1 Å². The van der Waals surface area contributed by atoms with E-state index < -0.39 is 29.4 Å². The van der Waals surface area contributed by atoms with Crippen LogP contribution in [0.2, 0.25) is 0 Å². The smallest absolute Gasteiger partial charge is 0.247 e. The highest BCUT2D eigenvalue weighted by Crippen LogP contribution is 2.29. The molecule has 0 saturated heterocycles. The maximum absolute atomic E-state index is 14.4. The third-order valence-electron chi connectivity index (χ3n) is 6.28. The molecule has 2 N–H and O–H groups in total. The number of anilines is 2. The quantitative estimate of drug-likeness (QED) is 0.476. The lowest BCUT2D eigenvalue weighted by molar-refractivity contribution is -0.121. The molecule has 0 spiro atoms. The Morgan fingerprint density at radius 3 is 2.38 bits per heavy atom. The number of benzene rings is 2. The Hall–Kier alpha value is -3.36. The van der Waals surface area contributed by atoms with E-state index in [2.05, 4.69) is 15.6 Å². The van der Waals surface area contributed by atoms with Crippen molar-refractivity contribution in [3.63, 3.8) is 0 Å². The lowest BCUT2D eigenvalue weighted by Crippen LogP contribution is -2.30. The fourth-order valence-electron chi connectivity index (χ4n) is 4.51. The summed E-state index contributed by atoms with van der Waals surface area (Å²) in [5.74, 6) is -3.67. The molecule has 0 bridgehead atoms. The molecule has 4 rings (SSSR count). The van der Waals surface area contributed by atoms with Gasteiger partial charge in [-0.05, 0) is 37.0 Å². The maximum Gasteiger partial charge on any atom is 0.247 e. The molecule has 0 aliphatic heterocycles. The van der Waals surface area contributed by atoms with Gasteiger partial charge in [0.1, 0.15) is 11.9 Å². The molecule has 1 aliphatic carbocycles. The van der Waals surface area contributed by atoms with E-state index in [0.29, 0.717) is 5.69 Å².